The van der Waals surface area contributed by atoms with Crippen molar-refractivity contribution in [2.75, 3.05) is 0 Å². The van der Waals surface area contributed by atoms with Gasteiger partial charge in [0.25, 0.3) is 0 Å². The predicted octanol–water partition coefficient (Wildman–Crippen LogP) is 1.06. The van der Waals surface area contributed by atoms with Crippen LogP contribution in [0.25, 0.3) is 0 Å². The summed E-state index contributed by atoms with van der Waals surface area (Å²) in [5.74, 6) is -3.68. The van der Waals surface area contributed by atoms with E-state index in [2.05, 4.69) is 0 Å². The lowest BCUT2D eigenvalue weighted by atomic mass is 9.94. The minimum absolute atomic E-state index is 0.138. The molecule has 0 saturated carbocycles. The number of benzene rings is 1. The second-order valence-corrected chi connectivity index (χ2v) is 5.01. The number of carboxylic acids is 2. The number of ether oxygens (including phenoxy) is 2. The third-order valence-electron chi connectivity index (χ3n) is 3.57. The van der Waals surface area contributed by atoms with Crippen molar-refractivity contribution < 1.29 is 38.9 Å². The zero-order valence-electron chi connectivity index (χ0n) is 11.1. The Morgan fingerprint density at radius 1 is 0.864 bits per heavy atom. The van der Waals surface area contributed by atoms with Crippen molar-refractivity contribution in [2.24, 2.45) is 0 Å². The molecule has 114 valence electrons. The van der Waals surface area contributed by atoms with Gasteiger partial charge in [0.1, 0.15) is 12.2 Å². The van der Waals surface area contributed by atoms with Gasteiger partial charge in [-0.25, -0.2) is 9.59 Å². The van der Waals surface area contributed by atoms with E-state index in [0.717, 1.165) is 0 Å². The summed E-state index contributed by atoms with van der Waals surface area (Å²) in [5.41, 5.74) is 0.885. The Labute approximate surface area is 123 Å². The summed E-state index contributed by atoms with van der Waals surface area (Å²) in [4.78, 5) is 45.2. The van der Waals surface area contributed by atoms with Gasteiger partial charge in [-0.15, -0.1) is 0 Å². The van der Waals surface area contributed by atoms with Gasteiger partial charge >= 0.3 is 23.9 Å². The van der Waals surface area contributed by atoms with Gasteiger partial charge in [0.15, 0.2) is 0 Å². The Morgan fingerprint density at radius 3 is 1.55 bits per heavy atom. The number of carbonyl (C=O) groups is 4. The highest BCUT2D eigenvalue weighted by Crippen LogP contribution is 2.40. The number of aliphatic carboxylic acids is 2. The van der Waals surface area contributed by atoms with Crippen LogP contribution >= 0.6 is 0 Å². The van der Waals surface area contributed by atoms with Crippen molar-refractivity contribution in [3.05, 3.63) is 34.4 Å². The van der Waals surface area contributed by atoms with Crippen molar-refractivity contribution in [2.45, 2.75) is 25.0 Å². The molecule has 2 heterocycles. The van der Waals surface area contributed by atoms with Crippen LogP contribution in [0.4, 0.5) is 0 Å². The highest BCUT2D eigenvalue weighted by Gasteiger charge is 2.39. The van der Waals surface area contributed by atoms with Crippen LogP contribution in [-0.2, 0) is 19.1 Å². The zero-order chi connectivity index (χ0) is 16.0. The van der Waals surface area contributed by atoms with Gasteiger partial charge in [-0.3, -0.25) is 9.59 Å². The maximum absolute atomic E-state index is 11.8. The van der Waals surface area contributed by atoms with Crippen LogP contribution in [0.5, 0.6) is 0 Å². The summed E-state index contributed by atoms with van der Waals surface area (Å²) in [5, 5.41) is 17.6. The molecular formula is C14H10O8. The summed E-state index contributed by atoms with van der Waals surface area (Å²) in [6.07, 6.45) is -2.75. The maximum Gasteiger partial charge on any atom is 0.339 e. The standard InChI is InChI=1S/C14H10O8/c15-11(16)3-9-5-1-7-6(2-8(5)14(20)21-9)10(4-12(17)18)22-13(7)19/h1-2,9-10H,3-4H2,(H,15,16)(H,17,18)/t9-,10+. The average Bonchev–Trinajstić information content (AvgIpc) is 2.87. The van der Waals surface area contributed by atoms with Gasteiger partial charge in [-0.2, -0.15) is 0 Å². The van der Waals surface area contributed by atoms with E-state index in [9.17, 15) is 19.2 Å². The summed E-state index contributed by atoms with van der Waals surface area (Å²) in [6, 6.07) is 2.71. The second kappa shape index (κ2) is 4.83. The first-order valence-corrected chi connectivity index (χ1v) is 6.40. The predicted molar refractivity (Wildman–Crippen MR) is 67.3 cm³/mol. The maximum atomic E-state index is 11.8. The number of carbonyl (C=O) groups excluding carboxylic acids is 2. The SMILES string of the molecule is O=C(O)C[C@@H]1OC(=O)c2cc3c(cc21)C(=O)O[C@@H]3CC(=O)O. The van der Waals surface area contributed by atoms with E-state index < -0.39 is 48.9 Å². The first-order chi connectivity index (χ1) is 10.4. The number of rotatable bonds is 4. The first kappa shape index (κ1) is 14.1. The smallest absolute Gasteiger partial charge is 0.339 e. The molecule has 0 aromatic heterocycles. The Bertz CT molecular complexity index is 658. The molecule has 1 aromatic carbocycles. The molecule has 0 bridgehead atoms. The molecule has 0 fully saturated rings. The monoisotopic (exact) mass is 306 g/mol. The summed E-state index contributed by atoms with van der Waals surface area (Å²) < 4.78 is 9.97. The minimum atomic E-state index is -1.14. The summed E-state index contributed by atoms with van der Waals surface area (Å²) >= 11 is 0. The van der Waals surface area contributed by atoms with Crippen molar-refractivity contribution >= 4 is 23.9 Å². The molecule has 0 saturated heterocycles. The molecule has 22 heavy (non-hydrogen) atoms. The number of esters is 2. The van der Waals surface area contributed by atoms with Gasteiger partial charge in [-0.05, 0) is 12.1 Å². The van der Waals surface area contributed by atoms with Crippen LogP contribution in [0.15, 0.2) is 12.1 Å². The van der Waals surface area contributed by atoms with Crippen LogP contribution in [0.2, 0.25) is 0 Å². The van der Waals surface area contributed by atoms with Crippen molar-refractivity contribution in [1.82, 2.24) is 0 Å². The Morgan fingerprint density at radius 2 is 1.23 bits per heavy atom. The van der Waals surface area contributed by atoms with Crippen LogP contribution in [0, 0.1) is 0 Å². The fraction of sp³-hybridized carbons (Fsp3) is 0.286. The van der Waals surface area contributed by atoms with Gasteiger partial charge in [0.05, 0.1) is 24.0 Å². The number of hydrogen-bond donors (Lipinski definition) is 2. The highest BCUT2D eigenvalue weighted by atomic mass is 16.6. The molecule has 8 nitrogen and oxygen atoms in total. The Balaban J connectivity index is 2.04. The zero-order valence-corrected chi connectivity index (χ0v) is 11.1. The van der Waals surface area contributed by atoms with Crippen molar-refractivity contribution in [3.63, 3.8) is 0 Å². The largest absolute Gasteiger partial charge is 0.481 e. The Kier molecular flexibility index (Phi) is 3.09. The molecule has 0 unspecified atom stereocenters. The molecule has 0 amide bonds. The van der Waals surface area contributed by atoms with E-state index in [1.54, 1.807) is 0 Å². The van der Waals surface area contributed by atoms with E-state index in [0.29, 0.717) is 11.1 Å². The van der Waals surface area contributed by atoms with Gasteiger partial charge < -0.3 is 19.7 Å². The van der Waals surface area contributed by atoms with Crippen molar-refractivity contribution in [3.8, 4) is 0 Å². The lowest BCUT2D eigenvalue weighted by Crippen LogP contribution is -2.06. The lowest BCUT2D eigenvalue weighted by molar-refractivity contribution is -0.140. The number of hydrogen-bond acceptors (Lipinski definition) is 6. The number of cyclic esters (lactones) is 2. The highest BCUT2D eigenvalue weighted by molar-refractivity contribution is 6.00. The van der Waals surface area contributed by atoms with Gasteiger partial charge in [-0.1, -0.05) is 0 Å². The molecule has 8 heteroatoms. The normalized spacial score (nSPS) is 21.8. The topological polar surface area (TPSA) is 127 Å². The minimum Gasteiger partial charge on any atom is -0.481 e. The number of carboxylic acid groups (broad SMARTS) is 2. The fourth-order valence-electron chi connectivity index (χ4n) is 2.65. The van der Waals surface area contributed by atoms with E-state index in [1.807, 2.05) is 0 Å². The van der Waals surface area contributed by atoms with Gasteiger partial charge in [0, 0.05) is 11.1 Å². The van der Waals surface area contributed by atoms with E-state index in [-0.39, 0.29) is 11.1 Å². The van der Waals surface area contributed by atoms with E-state index in [1.165, 1.54) is 12.1 Å². The van der Waals surface area contributed by atoms with Crippen LogP contribution < -0.4 is 0 Å². The van der Waals surface area contributed by atoms with Crippen LogP contribution in [-0.4, -0.2) is 34.1 Å². The molecular weight excluding hydrogens is 296 g/mol. The Hall–Kier alpha value is -2.90. The fourth-order valence-corrected chi connectivity index (χ4v) is 2.65. The summed E-state index contributed by atoms with van der Waals surface area (Å²) in [7, 11) is 0. The van der Waals surface area contributed by atoms with Crippen LogP contribution in [0.3, 0.4) is 0 Å². The van der Waals surface area contributed by atoms with Crippen LogP contribution in [0.1, 0.15) is 56.9 Å². The molecule has 2 N–H and O–H groups in total. The first-order valence-electron chi connectivity index (χ1n) is 6.40. The molecule has 1 aromatic rings. The number of fused-ring (bicyclic) bond motifs is 2. The summed E-state index contributed by atoms with van der Waals surface area (Å²) in [6.45, 7) is 0. The quantitative estimate of drug-likeness (QED) is 0.790. The third-order valence-corrected chi connectivity index (χ3v) is 3.57. The third kappa shape index (κ3) is 2.18. The second-order valence-electron chi connectivity index (χ2n) is 5.01. The molecule has 2 aliphatic heterocycles. The van der Waals surface area contributed by atoms with Crippen molar-refractivity contribution in [1.29, 1.82) is 0 Å². The van der Waals surface area contributed by atoms with Gasteiger partial charge in [0.2, 0.25) is 0 Å². The molecule has 3 rings (SSSR count). The average molecular weight is 306 g/mol. The molecule has 2 atom stereocenters. The molecule has 0 spiro atoms. The molecule has 2 aliphatic rings. The van der Waals surface area contributed by atoms with E-state index >= 15 is 0 Å². The molecule has 0 aliphatic carbocycles. The van der Waals surface area contributed by atoms with E-state index in [4.69, 9.17) is 19.7 Å². The molecule has 0 radical (unpaired) electrons. The lowest BCUT2D eigenvalue weighted by Gasteiger charge is -2.09.